The standard InChI is InChI=1S/C10H9ClN2O3S/c11-7-3-2-6(17-7)10(16)12-5-1-4-8(14)13-9(5)15/h2-3,5H,1,4H2,(H,12,16)(H,13,14,15). The summed E-state index contributed by atoms with van der Waals surface area (Å²) >= 11 is 6.85. The summed E-state index contributed by atoms with van der Waals surface area (Å²) in [6.45, 7) is 0. The van der Waals surface area contributed by atoms with Crippen LogP contribution in [0.4, 0.5) is 0 Å². The highest BCUT2D eigenvalue weighted by atomic mass is 35.5. The minimum absolute atomic E-state index is 0.238. The number of carbonyl (C=O) groups is 3. The monoisotopic (exact) mass is 272 g/mol. The Kier molecular flexibility index (Phi) is 3.44. The fraction of sp³-hybridized carbons (Fsp3) is 0.300. The van der Waals surface area contributed by atoms with Gasteiger partial charge in [0.1, 0.15) is 6.04 Å². The summed E-state index contributed by atoms with van der Waals surface area (Å²) in [4.78, 5) is 34.5. The quantitative estimate of drug-likeness (QED) is 0.787. The molecule has 2 rings (SSSR count). The van der Waals surface area contributed by atoms with Crippen molar-refractivity contribution >= 4 is 40.7 Å². The molecule has 1 aromatic rings. The Labute approximate surface area is 106 Å². The summed E-state index contributed by atoms with van der Waals surface area (Å²) in [5.41, 5.74) is 0. The van der Waals surface area contributed by atoms with E-state index in [0.29, 0.717) is 15.6 Å². The zero-order valence-electron chi connectivity index (χ0n) is 8.66. The van der Waals surface area contributed by atoms with Gasteiger partial charge in [-0.25, -0.2) is 0 Å². The maximum absolute atomic E-state index is 11.7. The van der Waals surface area contributed by atoms with Crippen molar-refractivity contribution in [1.29, 1.82) is 0 Å². The van der Waals surface area contributed by atoms with Gasteiger partial charge in [0.2, 0.25) is 11.8 Å². The lowest BCUT2D eigenvalue weighted by atomic mass is 10.1. The fourth-order valence-corrected chi connectivity index (χ4v) is 2.44. The molecule has 17 heavy (non-hydrogen) atoms. The summed E-state index contributed by atoms with van der Waals surface area (Å²) in [6.07, 6.45) is 0.567. The molecule has 0 radical (unpaired) electrons. The molecule has 2 heterocycles. The third-order valence-corrected chi connectivity index (χ3v) is 3.57. The first-order chi connectivity index (χ1) is 8.06. The first-order valence-corrected chi connectivity index (χ1v) is 6.15. The van der Waals surface area contributed by atoms with E-state index in [1.807, 2.05) is 0 Å². The van der Waals surface area contributed by atoms with Crippen LogP contribution in [0.15, 0.2) is 12.1 Å². The van der Waals surface area contributed by atoms with Crippen molar-refractivity contribution in [3.8, 4) is 0 Å². The summed E-state index contributed by atoms with van der Waals surface area (Å²) in [5.74, 6) is -1.12. The van der Waals surface area contributed by atoms with Gasteiger partial charge in [0.15, 0.2) is 0 Å². The average molecular weight is 273 g/mol. The molecule has 0 bridgehead atoms. The Morgan fingerprint density at radius 2 is 2.24 bits per heavy atom. The van der Waals surface area contributed by atoms with E-state index in [9.17, 15) is 14.4 Å². The minimum Gasteiger partial charge on any atom is -0.340 e. The van der Waals surface area contributed by atoms with Crippen LogP contribution in [-0.4, -0.2) is 23.8 Å². The summed E-state index contributed by atoms with van der Waals surface area (Å²) in [6, 6.07) is 2.56. The number of thiophene rings is 1. The number of hydrogen-bond donors (Lipinski definition) is 2. The van der Waals surface area contributed by atoms with E-state index in [2.05, 4.69) is 10.6 Å². The van der Waals surface area contributed by atoms with Crippen LogP contribution in [-0.2, 0) is 9.59 Å². The molecule has 1 aromatic heterocycles. The molecule has 1 aliphatic heterocycles. The number of halogens is 1. The van der Waals surface area contributed by atoms with Gasteiger partial charge < -0.3 is 5.32 Å². The third kappa shape index (κ3) is 2.83. The van der Waals surface area contributed by atoms with Crippen molar-refractivity contribution in [3.05, 3.63) is 21.3 Å². The van der Waals surface area contributed by atoms with Crippen LogP contribution in [0, 0.1) is 0 Å². The number of carbonyl (C=O) groups excluding carboxylic acids is 3. The van der Waals surface area contributed by atoms with Crippen LogP contribution in [0.1, 0.15) is 22.5 Å². The smallest absolute Gasteiger partial charge is 0.262 e. The van der Waals surface area contributed by atoms with Crippen molar-refractivity contribution in [2.45, 2.75) is 18.9 Å². The highest BCUT2D eigenvalue weighted by Gasteiger charge is 2.28. The molecule has 2 N–H and O–H groups in total. The van der Waals surface area contributed by atoms with Crippen molar-refractivity contribution in [3.63, 3.8) is 0 Å². The summed E-state index contributed by atoms with van der Waals surface area (Å²) in [5, 5.41) is 4.74. The predicted octanol–water partition coefficient (Wildman–Crippen LogP) is 0.937. The topological polar surface area (TPSA) is 75.3 Å². The van der Waals surface area contributed by atoms with Crippen LogP contribution < -0.4 is 10.6 Å². The molecule has 90 valence electrons. The molecule has 1 fully saturated rings. The van der Waals surface area contributed by atoms with Crippen LogP contribution in [0.25, 0.3) is 0 Å². The number of imide groups is 1. The minimum atomic E-state index is -0.652. The van der Waals surface area contributed by atoms with E-state index < -0.39 is 11.9 Å². The van der Waals surface area contributed by atoms with Gasteiger partial charge in [0.05, 0.1) is 9.21 Å². The van der Waals surface area contributed by atoms with Crippen molar-refractivity contribution < 1.29 is 14.4 Å². The molecular weight excluding hydrogens is 264 g/mol. The van der Waals surface area contributed by atoms with E-state index in [1.54, 1.807) is 12.1 Å². The lowest BCUT2D eigenvalue weighted by Gasteiger charge is -2.21. The fourth-order valence-electron chi connectivity index (χ4n) is 1.50. The Hall–Kier alpha value is -1.40. The average Bonchev–Trinajstić information content (AvgIpc) is 2.69. The van der Waals surface area contributed by atoms with Crippen LogP contribution in [0.5, 0.6) is 0 Å². The molecule has 0 saturated carbocycles. The second-order valence-electron chi connectivity index (χ2n) is 3.58. The predicted molar refractivity (Wildman–Crippen MR) is 63.0 cm³/mol. The molecule has 1 saturated heterocycles. The molecule has 1 unspecified atom stereocenters. The highest BCUT2D eigenvalue weighted by Crippen LogP contribution is 2.21. The maximum Gasteiger partial charge on any atom is 0.262 e. The molecule has 0 spiro atoms. The Morgan fingerprint density at radius 3 is 2.82 bits per heavy atom. The number of amides is 3. The van der Waals surface area contributed by atoms with E-state index in [0.717, 1.165) is 11.3 Å². The van der Waals surface area contributed by atoms with Crippen LogP contribution >= 0.6 is 22.9 Å². The van der Waals surface area contributed by atoms with Crippen molar-refractivity contribution in [2.75, 3.05) is 0 Å². The van der Waals surface area contributed by atoms with E-state index >= 15 is 0 Å². The Morgan fingerprint density at radius 1 is 1.47 bits per heavy atom. The molecule has 1 aliphatic rings. The molecular formula is C10H9ClN2O3S. The van der Waals surface area contributed by atoms with Gasteiger partial charge in [0.25, 0.3) is 5.91 Å². The van der Waals surface area contributed by atoms with Gasteiger partial charge in [-0.15, -0.1) is 11.3 Å². The summed E-state index contributed by atoms with van der Waals surface area (Å²) < 4.78 is 0.512. The first-order valence-electron chi connectivity index (χ1n) is 4.96. The van der Waals surface area contributed by atoms with Crippen LogP contribution in [0.2, 0.25) is 4.34 Å². The zero-order chi connectivity index (χ0) is 12.4. The van der Waals surface area contributed by atoms with E-state index in [1.165, 1.54) is 0 Å². The zero-order valence-corrected chi connectivity index (χ0v) is 10.2. The number of hydrogen-bond acceptors (Lipinski definition) is 4. The molecule has 5 nitrogen and oxygen atoms in total. The number of piperidine rings is 1. The number of nitrogens with one attached hydrogen (secondary N) is 2. The third-order valence-electron chi connectivity index (χ3n) is 2.34. The normalized spacial score (nSPS) is 19.9. The van der Waals surface area contributed by atoms with Crippen molar-refractivity contribution in [1.82, 2.24) is 10.6 Å². The van der Waals surface area contributed by atoms with Crippen LogP contribution in [0.3, 0.4) is 0 Å². The van der Waals surface area contributed by atoms with E-state index in [-0.39, 0.29) is 18.2 Å². The Balaban J connectivity index is 1.99. The second-order valence-corrected chi connectivity index (χ2v) is 5.30. The molecule has 0 aromatic carbocycles. The summed E-state index contributed by atoms with van der Waals surface area (Å²) in [7, 11) is 0. The number of rotatable bonds is 2. The maximum atomic E-state index is 11.7. The molecule has 7 heteroatoms. The lowest BCUT2D eigenvalue weighted by molar-refractivity contribution is -0.134. The second kappa shape index (κ2) is 4.85. The molecule has 0 aliphatic carbocycles. The molecule has 1 atom stereocenters. The molecule has 3 amide bonds. The van der Waals surface area contributed by atoms with Gasteiger partial charge in [-0.05, 0) is 18.6 Å². The SMILES string of the molecule is O=C1CCC(NC(=O)c2ccc(Cl)s2)C(=O)N1. The van der Waals surface area contributed by atoms with Crippen molar-refractivity contribution in [2.24, 2.45) is 0 Å². The van der Waals surface area contributed by atoms with Gasteiger partial charge >= 0.3 is 0 Å². The largest absolute Gasteiger partial charge is 0.340 e. The first kappa shape index (κ1) is 12.1. The van der Waals surface area contributed by atoms with Gasteiger partial charge in [-0.1, -0.05) is 11.6 Å². The van der Waals surface area contributed by atoms with Gasteiger partial charge in [-0.3, -0.25) is 19.7 Å². The lowest BCUT2D eigenvalue weighted by Crippen LogP contribution is -2.52. The Bertz CT molecular complexity index is 486. The van der Waals surface area contributed by atoms with Gasteiger partial charge in [-0.2, -0.15) is 0 Å². The highest BCUT2D eigenvalue weighted by molar-refractivity contribution is 7.18. The van der Waals surface area contributed by atoms with E-state index in [4.69, 9.17) is 11.6 Å². The van der Waals surface area contributed by atoms with Gasteiger partial charge in [0, 0.05) is 6.42 Å².